The third kappa shape index (κ3) is 1.98. The summed E-state index contributed by atoms with van der Waals surface area (Å²) in [4.78, 5) is 26.0. The molecule has 0 saturated heterocycles. The number of thiophene rings is 2. The quantitative estimate of drug-likeness (QED) is 0.242. The molecule has 1 aliphatic rings. The predicted molar refractivity (Wildman–Crippen MR) is 97.2 cm³/mol. The molecule has 0 spiro atoms. The first-order valence-corrected chi connectivity index (χ1v) is 11.0. The van der Waals surface area contributed by atoms with E-state index in [0.29, 0.717) is 16.7 Å². The van der Waals surface area contributed by atoms with Gasteiger partial charge in [0.2, 0.25) is 0 Å². The molecule has 0 amide bonds. The minimum atomic E-state index is -0.299. The van der Waals surface area contributed by atoms with Crippen LogP contribution in [0.2, 0.25) is 0 Å². The van der Waals surface area contributed by atoms with Crippen molar-refractivity contribution < 1.29 is 9.59 Å². The molecule has 0 aliphatic heterocycles. The van der Waals surface area contributed by atoms with Gasteiger partial charge in [-0.15, -0.1) is 0 Å². The summed E-state index contributed by atoms with van der Waals surface area (Å²) in [5.41, 5.74) is 1.36. The number of rotatable bonds is 1. The molecule has 3 heterocycles. The standard InChI is InChI=1S/C18H8O2S2Te/c19-15-10-3-1-2-4-11(10)16(20)12(15)7-9-8-14-18(22-9)17-13(23-14)5-6-21-17/h1-8H. The van der Waals surface area contributed by atoms with Crippen LogP contribution in [0.3, 0.4) is 0 Å². The van der Waals surface area contributed by atoms with E-state index in [0.717, 1.165) is 4.88 Å². The summed E-state index contributed by atoms with van der Waals surface area (Å²) in [6.45, 7) is 0. The molecule has 3 aromatic heterocycles. The third-order valence-corrected chi connectivity index (χ3v) is 10.1. The van der Waals surface area contributed by atoms with Crippen LogP contribution in [0.5, 0.6) is 0 Å². The molecule has 0 bridgehead atoms. The van der Waals surface area contributed by atoms with Gasteiger partial charge in [-0.1, -0.05) is 0 Å². The van der Waals surface area contributed by atoms with E-state index in [-0.39, 0.29) is 32.0 Å². The number of Topliss-reactive ketones (excluding diaryl/α,β-unsaturated/α-hetero) is 2. The molecule has 110 valence electrons. The van der Waals surface area contributed by atoms with Crippen LogP contribution in [0.15, 0.2) is 47.4 Å². The van der Waals surface area contributed by atoms with Gasteiger partial charge in [-0.3, -0.25) is 0 Å². The Labute approximate surface area is 149 Å². The molecule has 5 rings (SSSR count). The van der Waals surface area contributed by atoms with E-state index in [4.69, 9.17) is 0 Å². The predicted octanol–water partition coefficient (Wildman–Crippen LogP) is 4.64. The Morgan fingerprint density at radius 1 is 0.913 bits per heavy atom. The second kappa shape index (κ2) is 4.99. The van der Waals surface area contributed by atoms with Gasteiger partial charge in [0.15, 0.2) is 0 Å². The number of hydrogen-bond donors (Lipinski definition) is 0. The first-order valence-electron chi connectivity index (χ1n) is 7.02. The van der Waals surface area contributed by atoms with E-state index in [2.05, 4.69) is 17.5 Å². The molecule has 2 nitrogen and oxygen atoms in total. The summed E-state index contributed by atoms with van der Waals surface area (Å²) in [6, 6.07) is 11.5. The zero-order chi connectivity index (χ0) is 15.6. The van der Waals surface area contributed by atoms with Crippen molar-refractivity contribution in [1.29, 1.82) is 0 Å². The van der Waals surface area contributed by atoms with Crippen molar-refractivity contribution in [3.63, 3.8) is 0 Å². The van der Waals surface area contributed by atoms with Gasteiger partial charge in [0.25, 0.3) is 0 Å². The van der Waals surface area contributed by atoms with Crippen molar-refractivity contribution in [2.24, 2.45) is 0 Å². The summed E-state index contributed by atoms with van der Waals surface area (Å²) in [5.74, 6) is -0.292. The van der Waals surface area contributed by atoms with E-state index in [1.54, 1.807) is 53.0 Å². The van der Waals surface area contributed by atoms with E-state index >= 15 is 0 Å². The first-order chi connectivity index (χ1) is 11.2. The van der Waals surface area contributed by atoms with Gasteiger partial charge in [0.05, 0.1) is 0 Å². The van der Waals surface area contributed by atoms with Crippen molar-refractivity contribution in [2.45, 2.75) is 0 Å². The molecule has 0 unspecified atom stereocenters. The molecule has 5 heteroatoms. The molecule has 23 heavy (non-hydrogen) atoms. The number of ketones is 2. The SMILES string of the molecule is O=C1C(=Cc2cc3[te]c4ccsc4c3s2)C(=O)c2ccccc21. The van der Waals surface area contributed by atoms with Crippen LogP contribution in [0, 0.1) is 0 Å². The zero-order valence-corrected chi connectivity index (χ0v) is 15.6. The molecule has 0 fully saturated rings. The minimum absolute atomic E-state index is 0.146. The molecule has 1 aromatic carbocycles. The average molecular weight is 448 g/mol. The van der Waals surface area contributed by atoms with Gasteiger partial charge in [0.1, 0.15) is 0 Å². The summed E-state index contributed by atoms with van der Waals surface area (Å²) >= 11 is 3.19. The van der Waals surface area contributed by atoms with Crippen molar-refractivity contribution >= 4 is 77.0 Å². The average Bonchev–Trinajstić information content (AvgIpc) is 3.26. The fourth-order valence-corrected chi connectivity index (χ4v) is 9.81. The number of allylic oxidation sites excluding steroid dienone is 1. The summed E-state index contributed by atoms with van der Waals surface area (Å²) in [7, 11) is 0. The topological polar surface area (TPSA) is 34.1 Å². The van der Waals surface area contributed by atoms with Crippen molar-refractivity contribution in [2.75, 3.05) is 0 Å². The van der Waals surface area contributed by atoms with Gasteiger partial charge >= 0.3 is 150 Å². The molecule has 0 radical (unpaired) electrons. The van der Waals surface area contributed by atoms with E-state index < -0.39 is 0 Å². The number of carbonyl (C=O) groups is 2. The van der Waals surface area contributed by atoms with E-state index in [1.165, 1.54) is 16.2 Å². The second-order valence-electron chi connectivity index (χ2n) is 5.32. The fourth-order valence-electron chi connectivity index (χ4n) is 2.91. The Bertz CT molecular complexity index is 1120. The van der Waals surface area contributed by atoms with E-state index in [1.807, 2.05) is 0 Å². The molecule has 1 aliphatic carbocycles. The molecular formula is C18H8O2S2Te. The van der Waals surface area contributed by atoms with Crippen LogP contribution in [0.4, 0.5) is 0 Å². The molecular weight excluding hydrogens is 440 g/mol. The van der Waals surface area contributed by atoms with Crippen molar-refractivity contribution in [3.05, 3.63) is 63.4 Å². The van der Waals surface area contributed by atoms with Crippen LogP contribution < -0.4 is 0 Å². The second-order valence-corrected chi connectivity index (χ2v) is 10.4. The van der Waals surface area contributed by atoms with Gasteiger partial charge in [-0.25, -0.2) is 0 Å². The Hall–Kier alpha value is -1.51. The maximum atomic E-state index is 12.5. The summed E-state index contributed by atoms with van der Waals surface area (Å²) in [6.07, 6.45) is 1.79. The van der Waals surface area contributed by atoms with Gasteiger partial charge < -0.3 is 0 Å². The fraction of sp³-hybridized carbons (Fsp3) is 0. The molecule has 0 saturated carbocycles. The monoisotopic (exact) mass is 450 g/mol. The number of hydrogen-bond acceptors (Lipinski definition) is 4. The van der Waals surface area contributed by atoms with Crippen LogP contribution in [0.1, 0.15) is 25.6 Å². The van der Waals surface area contributed by atoms with Crippen molar-refractivity contribution in [1.82, 2.24) is 0 Å². The first kappa shape index (κ1) is 13.9. The Morgan fingerprint density at radius 3 is 2.39 bits per heavy atom. The maximum absolute atomic E-state index is 12.5. The van der Waals surface area contributed by atoms with Crippen LogP contribution in [-0.4, -0.2) is 32.0 Å². The van der Waals surface area contributed by atoms with E-state index in [9.17, 15) is 9.59 Å². The number of fused-ring (bicyclic) bond motifs is 4. The van der Waals surface area contributed by atoms with Gasteiger partial charge in [-0.05, 0) is 0 Å². The normalized spacial score (nSPS) is 14.2. The number of carbonyl (C=O) groups excluding carboxylic acids is 2. The Kier molecular flexibility index (Phi) is 3.01. The zero-order valence-electron chi connectivity index (χ0n) is 11.7. The van der Waals surface area contributed by atoms with Crippen LogP contribution >= 0.6 is 22.7 Å². The Balaban J connectivity index is 1.65. The Morgan fingerprint density at radius 2 is 1.65 bits per heavy atom. The van der Waals surface area contributed by atoms with Gasteiger partial charge in [-0.2, -0.15) is 0 Å². The molecule has 0 N–H and O–H groups in total. The van der Waals surface area contributed by atoms with Gasteiger partial charge in [0, 0.05) is 0 Å². The summed E-state index contributed by atoms with van der Waals surface area (Å²) < 4.78 is 5.69. The third-order valence-electron chi connectivity index (χ3n) is 3.96. The van der Waals surface area contributed by atoms with Crippen molar-refractivity contribution in [3.8, 4) is 0 Å². The molecule has 0 atom stereocenters. The number of benzene rings is 1. The van der Waals surface area contributed by atoms with Crippen LogP contribution in [-0.2, 0) is 0 Å². The van der Waals surface area contributed by atoms with Crippen LogP contribution in [0.25, 0.3) is 22.3 Å². The molecule has 4 aromatic rings. The summed E-state index contributed by atoms with van der Waals surface area (Å²) in [5, 5.41) is 2.15.